The van der Waals surface area contributed by atoms with Gasteiger partial charge < -0.3 is 15.5 Å². The van der Waals surface area contributed by atoms with Gasteiger partial charge in [0.1, 0.15) is 5.82 Å². The highest BCUT2D eigenvalue weighted by Gasteiger charge is 2.26. The van der Waals surface area contributed by atoms with Crippen molar-refractivity contribution in [2.24, 2.45) is 5.73 Å². The van der Waals surface area contributed by atoms with E-state index in [0.29, 0.717) is 0 Å². The van der Waals surface area contributed by atoms with Crippen LogP contribution in [0.1, 0.15) is 32.5 Å². The van der Waals surface area contributed by atoms with Crippen molar-refractivity contribution in [3.8, 4) is 0 Å². The van der Waals surface area contributed by atoms with Crippen LogP contribution in [-0.4, -0.2) is 52.4 Å². The van der Waals surface area contributed by atoms with Gasteiger partial charge in [-0.05, 0) is 6.42 Å². The number of nitrogens with zero attached hydrogens (tertiary/aromatic N) is 4. The molecule has 1 aliphatic heterocycles. The molecule has 1 unspecified atom stereocenters. The van der Waals surface area contributed by atoms with Crippen molar-refractivity contribution in [2.75, 3.05) is 31.1 Å². The molecule has 120 valence electrons. The van der Waals surface area contributed by atoms with Gasteiger partial charge in [-0.2, -0.15) is 4.37 Å². The standard InChI is InChI=1S/C13H23N5OS.ClH/c1-3-5-10(14)12(19)17-6-8-18(9-7-17)13-15-11(4-2)16-20-13;/h10H,3-9,14H2,1-2H3;1H. The lowest BCUT2D eigenvalue weighted by molar-refractivity contribution is -0.133. The van der Waals surface area contributed by atoms with Crippen LogP contribution in [0.25, 0.3) is 0 Å². The number of rotatable bonds is 5. The fraction of sp³-hybridized carbons (Fsp3) is 0.769. The van der Waals surface area contributed by atoms with E-state index >= 15 is 0 Å². The Morgan fingerprint density at radius 3 is 2.52 bits per heavy atom. The van der Waals surface area contributed by atoms with E-state index in [-0.39, 0.29) is 24.4 Å². The summed E-state index contributed by atoms with van der Waals surface area (Å²) in [5, 5.41) is 0.965. The third-order valence-electron chi connectivity index (χ3n) is 3.55. The molecule has 0 radical (unpaired) electrons. The summed E-state index contributed by atoms with van der Waals surface area (Å²) in [6.45, 7) is 7.16. The maximum atomic E-state index is 12.1. The molecule has 6 nitrogen and oxygen atoms in total. The molecule has 21 heavy (non-hydrogen) atoms. The normalized spacial score (nSPS) is 16.5. The van der Waals surface area contributed by atoms with E-state index in [9.17, 15) is 4.79 Å². The van der Waals surface area contributed by atoms with Gasteiger partial charge >= 0.3 is 0 Å². The maximum absolute atomic E-state index is 12.1. The largest absolute Gasteiger partial charge is 0.343 e. The number of hydrogen-bond acceptors (Lipinski definition) is 6. The first-order valence-corrected chi connectivity index (χ1v) is 8.05. The van der Waals surface area contributed by atoms with Crippen LogP contribution in [0.3, 0.4) is 0 Å². The number of piperazine rings is 1. The summed E-state index contributed by atoms with van der Waals surface area (Å²) >= 11 is 1.44. The first kappa shape index (κ1) is 18.1. The minimum atomic E-state index is -0.347. The highest BCUT2D eigenvalue weighted by Crippen LogP contribution is 2.19. The van der Waals surface area contributed by atoms with Crippen LogP contribution in [0, 0.1) is 0 Å². The Hall–Kier alpha value is -0.920. The minimum Gasteiger partial charge on any atom is -0.343 e. The number of carbonyl (C=O) groups excluding carboxylic acids is 1. The lowest BCUT2D eigenvalue weighted by atomic mass is 10.1. The second-order valence-electron chi connectivity index (χ2n) is 5.05. The summed E-state index contributed by atoms with van der Waals surface area (Å²) < 4.78 is 4.30. The average molecular weight is 334 g/mol. The van der Waals surface area contributed by atoms with E-state index in [1.54, 1.807) is 0 Å². The molecule has 2 rings (SSSR count). The molecule has 1 aromatic heterocycles. The van der Waals surface area contributed by atoms with Gasteiger partial charge in [0.2, 0.25) is 11.0 Å². The highest BCUT2D eigenvalue weighted by atomic mass is 35.5. The summed E-state index contributed by atoms with van der Waals surface area (Å²) in [6.07, 6.45) is 2.56. The van der Waals surface area contributed by atoms with Gasteiger partial charge in [0.15, 0.2) is 0 Å². The SMILES string of the molecule is CCCC(N)C(=O)N1CCN(c2nc(CC)ns2)CC1.Cl. The van der Waals surface area contributed by atoms with Crippen molar-refractivity contribution in [1.82, 2.24) is 14.3 Å². The quantitative estimate of drug-likeness (QED) is 0.879. The molecule has 1 fully saturated rings. The van der Waals surface area contributed by atoms with E-state index in [0.717, 1.165) is 56.4 Å². The summed E-state index contributed by atoms with van der Waals surface area (Å²) in [5.74, 6) is 0.978. The lowest BCUT2D eigenvalue weighted by Gasteiger charge is -2.35. The molecule has 0 aromatic carbocycles. The molecule has 1 aliphatic rings. The van der Waals surface area contributed by atoms with Gasteiger partial charge in [0.05, 0.1) is 6.04 Å². The summed E-state index contributed by atoms with van der Waals surface area (Å²) in [6, 6.07) is -0.347. The maximum Gasteiger partial charge on any atom is 0.239 e. The molecule has 1 amide bonds. The van der Waals surface area contributed by atoms with Crippen LogP contribution in [0.4, 0.5) is 5.13 Å². The van der Waals surface area contributed by atoms with E-state index in [2.05, 4.69) is 21.2 Å². The number of hydrogen-bond donors (Lipinski definition) is 1. The molecule has 0 bridgehead atoms. The zero-order valence-corrected chi connectivity index (χ0v) is 14.3. The van der Waals surface area contributed by atoms with E-state index in [1.165, 1.54) is 11.5 Å². The molecule has 0 saturated carbocycles. The first-order valence-electron chi connectivity index (χ1n) is 7.27. The van der Waals surface area contributed by atoms with Crippen LogP contribution >= 0.6 is 23.9 Å². The van der Waals surface area contributed by atoms with Gasteiger partial charge in [-0.15, -0.1) is 12.4 Å². The van der Waals surface area contributed by atoms with Crippen molar-refractivity contribution >= 4 is 35.0 Å². The highest BCUT2D eigenvalue weighted by molar-refractivity contribution is 7.09. The van der Waals surface area contributed by atoms with Crippen molar-refractivity contribution in [3.63, 3.8) is 0 Å². The van der Waals surface area contributed by atoms with E-state index in [1.807, 2.05) is 11.8 Å². The second-order valence-corrected chi connectivity index (χ2v) is 5.78. The number of anilines is 1. The van der Waals surface area contributed by atoms with E-state index < -0.39 is 0 Å². The Morgan fingerprint density at radius 2 is 2.00 bits per heavy atom. The third-order valence-corrected chi connectivity index (χ3v) is 4.37. The molecule has 2 heterocycles. The van der Waals surface area contributed by atoms with Crippen molar-refractivity contribution in [3.05, 3.63) is 5.82 Å². The molecule has 2 N–H and O–H groups in total. The Labute approximate surface area is 136 Å². The topological polar surface area (TPSA) is 75.4 Å². The number of carbonyl (C=O) groups is 1. The smallest absolute Gasteiger partial charge is 0.239 e. The lowest BCUT2D eigenvalue weighted by Crippen LogP contribution is -2.53. The Kier molecular flexibility index (Phi) is 7.34. The summed E-state index contributed by atoms with van der Waals surface area (Å²) in [5.41, 5.74) is 5.90. The van der Waals surface area contributed by atoms with Crippen LogP contribution in [0.2, 0.25) is 0 Å². The zero-order chi connectivity index (χ0) is 14.5. The van der Waals surface area contributed by atoms with Crippen LogP contribution in [0.15, 0.2) is 0 Å². The Morgan fingerprint density at radius 1 is 1.33 bits per heavy atom. The van der Waals surface area contributed by atoms with Gasteiger partial charge in [0.25, 0.3) is 0 Å². The van der Waals surface area contributed by atoms with Crippen molar-refractivity contribution < 1.29 is 4.79 Å². The van der Waals surface area contributed by atoms with Gasteiger partial charge in [-0.1, -0.05) is 20.3 Å². The predicted molar refractivity (Wildman–Crippen MR) is 88.2 cm³/mol. The molecule has 1 atom stereocenters. The van der Waals surface area contributed by atoms with Crippen molar-refractivity contribution in [1.29, 1.82) is 0 Å². The monoisotopic (exact) mass is 333 g/mol. The second kappa shape index (κ2) is 8.51. The van der Waals surface area contributed by atoms with Gasteiger partial charge in [0, 0.05) is 44.1 Å². The Bertz CT molecular complexity index is 448. The zero-order valence-electron chi connectivity index (χ0n) is 12.6. The predicted octanol–water partition coefficient (Wildman–Crippen LogP) is 1.30. The summed E-state index contributed by atoms with van der Waals surface area (Å²) in [7, 11) is 0. The first-order chi connectivity index (χ1) is 9.65. The number of aromatic nitrogens is 2. The van der Waals surface area contributed by atoms with Crippen molar-refractivity contribution in [2.45, 2.75) is 39.2 Å². The average Bonchev–Trinajstić information content (AvgIpc) is 2.96. The fourth-order valence-corrected chi connectivity index (χ4v) is 3.11. The minimum absolute atomic E-state index is 0. The van der Waals surface area contributed by atoms with Crippen LogP contribution < -0.4 is 10.6 Å². The number of halogens is 1. The molecule has 0 spiro atoms. The molecule has 0 aliphatic carbocycles. The van der Waals surface area contributed by atoms with E-state index in [4.69, 9.17) is 5.73 Å². The Balaban J connectivity index is 0.00000220. The fourth-order valence-electron chi connectivity index (χ4n) is 2.30. The van der Waals surface area contributed by atoms with Crippen LogP contribution in [-0.2, 0) is 11.2 Å². The molecular formula is C13H24ClN5OS. The van der Waals surface area contributed by atoms with Crippen LogP contribution in [0.5, 0.6) is 0 Å². The summed E-state index contributed by atoms with van der Waals surface area (Å²) in [4.78, 5) is 20.7. The number of nitrogens with two attached hydrogens (primary N) is 1. The third kappa shape index (κ3) is 4.52. The number of amides is 1. The molecule has 8 heteroatoms. The van der Waals surface area contributed by atoms with Gasteiger partial charge in [-0.25, -0.2) is 4.98 Å². The van der Waals surface area contributed by atoms with Gasteiger partial charge in [-0.3, -0.25) is 4.79 Å². The number of aryl methyl sites for hydroxylation is 1. The molecule has 1 saturated heterocycles. The molecular weight excluding hydrogens is 310 g/mol. The molecule has 1 aromatic rings.